The molecule has 1 aromatic heterocycles. The Morgan fingerprint density at radius 2 is 1.73 bits per heavy atom. The summed E-state index contributed by atoms with van der Waals surface area (Å²) in [5, 5.41) is 0. The maximum absolute atomic E-state index is 11.9. The van der Waals surface area contributed by atoms with Gasteiger partial charge in [0.25, 0.3) is 0 Å². The Bertz CT molecular complexity index is 875. The van der Waals surface area contributed by atoms with Gasteiger partial charge in [-0.15, -0.1) is 11.3 Å². The Kier molecular flexibility index (Phi) is 17.2. The molecular formula is C29H44N2O5S. The smallest absolute Gasteiger partial charge is 0.350 e. The number of rotatable bonds is 6. The average molecular weight is 533 g/mol. The van der Waals surface area contributed by atoms with Crippen molar-refractivity contribution in [2.24, 2.45) is 5.92 Å². The molecule has 0 radical (unpaired) electrons. The first-order valence-electron chi connectivity index (χ1n) is 13.2. The van der Waals surface area contributed by atoms with Crippen LogP contribution in [0.15, 0.2) is 36.4 Å². The molecule has 2 aromatic rings. The number of likely N-dealkylation sites (N-methyl/N-ethyl adjacent to an activating group) is 1. The second-order valence-corrected chi connectivity index (χ2v) is 9.82. The van der Waals surface area contributed by atoms with Crippen molar-refractivity contribution in [1.82, 2.24) is 4.90 Å². The highest BCUT2D eigenvalue weighted by atomic mass is 32.1. The van der Waals surface area contributed by atoms with E-state index in [0.717, 1.165) is 42.7 Å². The van der Waals surface area contributed by atoms with E-state index < -0.39 is 5.97 Å². The largest absolute Gasteiger partial charge is 0.465 e. The molecule has 1 aromatic carbocycles. The SMILES string of the molecule is CC.CC1CCCCC1.CN1CCOCC1.COC(=O)c1sc(-c2ccccc2)cc1N(C=O)CC=O. The number of ether oxygens (including phenoxy) is 2. The number of anilines is 1. The number of aldehydes is 1. The lowest BCUT2D eigenvalue weighted by Crippen LogP contribution is -2.32. The van der Waals surface area contributed by atoms with Crippen LogP contribution in [-0.4, -0.2) is 70.6 Å². The van der Waals surface area contributed by atoms with Crippen molar-refractivity contribution in [3.05, 3.63) is 41.3 Å². The van der Waals surface area contributed by atoms with E-state index in [1.165, 1.54) is 55.5 Å². The number of hydrogen-bond donors (Lipinski definition) is 0. The van der Waals surface area contributed by atoms with Crippen LogP contribution in [0.4, 0.5) is 5.69 Å². The van der Waals surface area contributed by atoms with Gasteiger partial charge in [0, 0.05) is 18.0 Å². The van der Waals surface area contributed by atoms with Gasteiger partial charge in [-0.2, -0.15) is 0 Å². The maximum Gasteiger partial charge on any atom is 0.350 e. The summed E-state index contributed by atoms with van der Waals surface area (Å²) in [6, 6.07) is 11.2. The third kappa shape index (κ3) is 12.0. The number of carbonyl (C=O) groups excluding carboxylic acids is 3. The molecule has 2 heterocycles. The zero-order chi connectivity index (χ0) is 27.5. The summed E-state index contributed by atoms with van der Waals surface area (Å²) < 4.78 is 9.84. The number of esters is 1. The summed E-state index contributed by atoms with van der Waals surface area (Å²) >= 11 is 1.22. The van der Waals surface area contributed by atoms with Gasteiger partial charge in [0.1, 0.15) is 11.2 Å². The summed E-state index contributed by atoms with van der Waals surface area (Å²) in [5.41, 5.74) is 1.31. The number of hydrogen-bond acceptors (Lipinski definition) is 7. The van der Waals surface area contributed by atoms with Crippen LogP contribution in [-0.2, 0) is 19.1 Å². The summed E-state index contributed by atoms with van der Waals surface area (Å²) in [5.74, 6) is 0.503. The van der Waals surface area contributed by atoms with E-state index in [1.807, 2.05) is 44.2 Å². The summed E-state index contributed by atoms with van der Waals surface area (Å²) in [6.45, 7) is 10.3. The number of methoxy groups -OCH3 is 1. The normalized spacial score (nSPS) is 15.4. The van der Waals surface area contributed by atoms with Crippen molar-refractivity contribution < 1.29 is 23.9 Å². The van der Waals surface area contributed by atoms with E-state index in [4.69, 9.17) is 9.47 Å². The van der Waals surface area contributed by atoms with Crippen molar-refractivity contribution >= 4 is 35.7 Å². The zero-order valence-electron chi connectivity index (χ0n) is 23.1. The zero-order valence-corrected chi connectivity index (χ0v) is 23.9. The average Bonchev–Trinajstić information content (AvgIpc) is 3.40. The monoisotopic (exact) mass is 532 g/mol. The topological polar surface area (TPSA) is 76.2 Å². The minimum absolute atomic E-state index is 0.113. The first-order chi connectivity index (χ1) is 18.0. The number of carbonyl (C=O) groups is 3. The van der Waals surface area contributed by atoms with Crippen LogP contribution in [0, 0.1) is 5.92 Å². The first kappa shape index (κ1) is 32.5. The molecule has 0 bridgehead atoms. The van der Waals surface area contributed by atoms with E-state index in [9.17, 15) is 14.4 Å². The number of amides is 1. The molecule has 37 heavy (non-hydrogen) atoms. The predicted molar refractivity (Wildman–Crippen MR) is 152 cm³/mol. The van der Waals surface area contributed by atoms with Crippen molar-refractivity contribution in [3.63, 3.8) is 0 Å². The third-order valence-electron chi connectivity index (χ3n) is 5.98. The molecule has 206 valence electrons. The second kappa shape index (κ2) is 19.5. The minimum Gasteiger partial charge on any atom is -0.465 e. The van der Waals surface area contributed by atoms with Crippen molar-refractivity contribution in [1.29, 1.82) is 0 Å². The fourth-order valence-corrected chi connectivity index (χ4v) is 4.91. The van der Waals surface area contributed by atoms with Gasteiger partial charge in [0.2, 0.25) is 6.41 Å². The number of thiophene rings is 1. The van der Waals surface area contributed by atoms with Crippen LogP contribution < -0.4 is 4.90 Å². The van der Waals surface area contributed by atoms with Crippen molar-refractivity contribution in [2.75, 3.05) is 51.9 Å². The van der Waals surface area contributed by atoms with Gasteiger partial charge in [-0.25, -0.2) is 4.79 Å². The van der Waals surface area contributed by atoms with Gasteiger partial charge in [-0.3, -0.25) is 4.79 Å². The lowest BCUT2D eigenvalue weighted by atomic mass is 9.91. The molecule has 1 aliphatic heterocycles. The summed E-state index contributed by atoms with van der Waals surface area (Å²) in [6.07, 6.45) is 8.57. The molecule has 7 nitrogen and oxygen atoms in total. The molecule has 1 aliphatic carbocycles. The molecule has 0 N–H and O–H groups in total. The number of nitrogens with zero attached hydrogens (tertiary/aromatic N) is 2. The Balaban J connectivity index is 0.000000346. The van der Waals surface area contributed by atoms with Gasteiger partial charge < -0.3 is 24.1 Å². The molecule has 0 spiro atoms. The fourth-order valence-electron chi connectivity index (χ4n) is 3.82. The molecule has 8 heteroatoms. The van der Waals surface area contributed by atoms with Crippen LogP contribution in [0.3, 0.4) is 0 Å². The van der Waals surface area contributed by atoms with Gasteiger partial charge in [-0.05, 0) is 24.6 Å². The van der Waals surface area contributed by atoms with E-state index in [0.29, 0.717) is 23.3 Å². The van der Waals surface area contributed by atoms with E-state index >= 15 is 0 Å². The highest BCUT2D eigenvalue weighted by molar-refractivity contribution is 7.18. The van der Waals surface area contributed by atoms with Gasteiger partial charge >= 0.3 is 5.97 Å². The van der Waals surface area contributed by atoms with Crippen LogP contribution in [0.1, 0.15) is 62.5 Å². The molecule has 4 rings (SSSR count). The number of morpholine rings is 1. The molecule has 1 saturated carbocycles. The van der Waals surface area contributed by atoms with Crippen molar-refractivity contribution in [3.8, 4) is 10.4 Å². The van der Waals surface area contributed by atoms with E-state index in [1.54, 1.807) is 6.07 Å². The molecule has 0 atom stereocenters. The maximum atomic E-state index is 11.9. The molecule has 1 amide bonds. The van der Waals surface area contributed by atoms with Crippen LogP contribution >= 0.6 is 11.3 Å². The standard InChI is InChI=1S/C15H13NO4S.C7H14.C5H11NO.C2H6/c1-20-15(19)14-12(16(10-18)7-8-17)9-13(21-14)11-5-3-2-4-6-11;1-7-5-3-2-4-6-7;1-6-2-4-7-5-3-6;1-2/h2-6,8-10H,7H2,1H3;7H,2-6H2,1H3;2-5H2,1H3;1-2H3. The fraction of sp³-hybridized carbons (Fsp3) is 0.552. The van der Waals surface area contributed by atoms with Crippen LogP contribution in [0.25, 0.3) is 10.4 Å². The molecular weight excluding hydrogens is 488 g/mol. The predicted octanol–water partition coefficient (Wildman–Crippen LogP) is 5.92. The Morgan fingerprint density at radius 1 is 1.11 bits per heavy atom. The van der Waals surface area contributed by atoms with Gasteiger partial charge in [-0.1, -0.05) is 83.2 Å². The van der Waals surface area contributed by atoms with E-state index in [2.05, 4.69) is 18.9 Å². The third-order valence-corrected chi connectivity index (χ3v) is 7.13. The minimum atomic E-state index is -0.532. The summed E-state index contributed by atoms with van der Waals surface area (Å²) in [7, 11) is 3.39. The van der Waals surface area contributed by atoms with Crippen LogP contribution in [0.5, 0.6) is 0 Å². The lowest BCUT2D eigenvalue weighted by molar-refractivity contribution is -0.111. The van der Waals surface area contributed by atoms with Crippen LogP contribution in [0.2, 0.25) is 0 Å². The Hall–Kier alpha value is -2.55. The highest BCUT2D eigenvalue weighted by Crippen LogP contribution is 2.36. The Labute approximate surface area is 226 Å². The molecule has 2 aliphatic rings. The van der Waals surface area contributed by atoms with Gasteiger partial charge in [0.05, 0.1) is 32.6 Å². The molecule has 2 fully saturated rings. The van der Waals surface area contributed by atoms with E-state index in [-0.39, 0.29) is 6.54 Å². The molecule has 1 saturated heterocycles. The second-order valence-electron chi connectivity index (χ2n) is 8.77. The Morgan fingerprint density at radius 3 is 2.16 bits per heavy atom. The number of benzene rings is 1. The van der Waals surface area contributed by atoms with Crippen molar-refractivity contribution in [2.45, 2.75) is 52.9 Å². The summed E-state index contributed by atoms with van der Waals surface area (Å²) in [4.78, 5) is 38.2. The highest BCUT2D eigenvalue weighted by Gasteiger charge is 2.21. The molecule has 0 unspecified atom stereocenters. The first-order valence-corrected chi connectivity index (χ1v) is 14.0. The van der Waals surface area contributed by atoms with Gasteiger partial charge in [0.15, 0.2) is 0 Å². The quantitative estimate of drug-likeness (QED) is 0.339. The lowest BCUT2D eigenvalue weighted by Gasteiger charge is -2.21.